The lowest BCUT2D eigenvalue weighted by Gasteiger charge is -1.87. The first-order chi connectivity index (χ1) is 4.88. The fourth-order valence-corrected chi connectivity index (χ4v) is 1.06. The smallest absolute Gasteiger partial charge is 0.315 e. The fraction of sp³-hybridized carbons (Fsp3) is 0.143. The highest BCUT2D eigenvalue weighted by Crippen LogP contribution is 1.85. The summed E-state index contributed by atoms with van der Waals surface area (Å²) in [6, 6.07) is 6.00. The Morgan fingerprint density at radius 3 is 3.00 bits per heavy atom. The van der Waals surface area contributed by atoms with Crippen LogP contribution in [0.5, 0.6) is 0 Å². The average Bonchev–Trinajstić information content (AvgIpc) is 2.36. The van der Waals surface area contributed by atoms with E-state index in [-0.39, 0.29) is 0 Å². The third kappa shape index (κ3) is 0.669. The molecule has 1 radical (unpaired) electrons. The normalized spacial score (nSPS) is 12.9. The molecule has 1 aromatic rings. The Morgan fingerprint density at radius 2 is 2.20 bits per heavy atom. The van der Waals surface area contributed by atoms with Crippen LogP contribution < -0.4 is 10.7 Å². The van der Waals surface area contributed by atoms with Crippen LogP contribution in [0.25, 0.3) is 0 Å². The Kier molecular flexibility index (Phi) is 1.10. The maximum absolute atomic E-state index is 4.11. The zero-order valence-corrected chi connectivity index (χ0v) is 5.70. The molecule has 0 amide bonds. The van der Waals surface area contributed by atoms with Crippen molar-refractivity contribution in [3.63, 3.8) is 0 Å². The van der Waals surface area contributed by atoms with Crippen LogP contribution in [0, 0.1) is 6.92 Å². The monoisotopic (exact) mass is 129 g/mol. The molecule has 0 saturated heterocycles. The van der Waals surface area contributed by atoms with Gasteiger partial charge in [-0.2, -0.15) is 0 Å². The summed E-state index contributed by atoms with van der Waals surface area (Å²) in [5.41, 5.74) is 1.19. The molecule has 0 N–H and O–H groups in total. The zero-order valence-electron chi connectivity index (χ0n) is 5.70. The summed E-state index contributed by atoms with van der Waals surface area (Å²) >= 11 is 0. The van der Waals surface area contributed by atoms with Gasteiger partial charge in [0.15, 0.2) is 0 Å². The van der Waals surface area contributed by atoms with Crippen LogP contribution in [0.3, 0.4) is 0 Å². The minimum atomic E-state index is 0.986. The quantitative estimate of drug-likeness (QED) is 0.432. The van der Waals surface area contributed by atoms with Crippen molar-refractivity contribution in [1.82, 2.24) is 0 Å². The van der Waals surface area contributed by atoms with Gasteiger partial charge in [-0.1, -0.05) is 12.1 Å². The largest absolute Gasteiger partial charge is 0.432 e. The fourth-order valence-electron chi connectivity index (χ4n) is 1.06. The van der Waals surface area contributed by atoms with Crippen LogP contribution in [-0.2, 0) is 0 Å². The van der Waals surface area contributed by atoms with Gasteiger partial charge in [0.2, 0.25) is 0 Å². The van der Waals surface area contributed by atoms with Gasteiger partial charge >= 0.3 is 7.55 Å². The van der Waals surface area contributed by atoms with Crippen LogP contribution in [0.1, 0.15) is 5.56 Å². The Morgan fingerprint density at radius 1 is 1.30 bits per heavy atom. The van der Waals surface area contributed by atoms with Gasteiger partial charge < -0.3 is 9.81 Å². The first-order valence-corrected chi connectivity index (χ1v) is 3.21. The van der Waals surface area contributed by atoms with E-state index in [9.17, 15) is 0 Å². The molecule has 0 aromatic heterocycles. The lowest BCUT2D eigenvalue weighted by molar-refractivity contribution is 1.28. The minimum Gasteiger partial charge on any atom is -0.315 e. The van der Waals surface area contributed by atoms with Crippen molar-refractivity contribution in [3.05, 3.63) is 34.5 Å². The van der Waals surface area contributed by atoms with E-state index in [0.717, 1.165) is 10.7 Å². The third-order valence-corrected chi connectivity index (χ3v) is 1.60. The highest BCUT2D eigenvalue weighted by Gasteiger charge is 1.98. The number of rotatable bonds is 0. The molecule has 1 aromatic carbocycles. The van der Waals surface area contributed by atoms with E-state index in [4.69, 9.17) is 0 Å². The van der Waals surface area contributed by atoms with Crippen LogP contribution in [0.2, 0.25) is 0 Å². The van der Waals surface area contributed by atoms with Crippen LogP contribution in [0.4, 0.5) is 0 Å². The van der Waals surface area contributed by atoms with Gasteiger partial charge in [-0.15, -0.1) is 0 Å². The molecule has 0 saturated carbocycles. The standard InChI is InChI=1S/C7H6BN2/c1-5-3-2-4-6-7(5)10-8-9-6/h2-4H,1H3. The molecule has 1 aliphatic rings. The zero-order chi connectivity index (χ0) is 6.97. The SMILES string of the molecule is Cc1cccc2c1=N[B]N=2. The summed E-state index contributed by atoms with van der Waals surface area (Å²) in [7, 11) is 1.59. The van der Waals surface area contributed by atoms with Crippen molar-refractivity contribution in [1.29, 1.82) is 0 Å². The van der Waals surface area contributed by atoms with E-state index in [2.05, 4.69) is 9.81 Å². The van der Waals surface area contributed by atoms with E-state index >= 15 is 0 Å². The number of hydrogen-bond donors (Lipinski definition) is 0. The lowest BCUT2D eigenvalue weighted by atomic mass is 10.2. The van der Waals surface area contributed by atoms with E-state index in [0.29, 0.717) is 0 Å². The second-order valence-corrected chi connectivity index (χ2v) is 2.32. The molecule has 10 heavy (non-hydrogen) atoms. The van der Waals surface area contributed by atoms with Gasteiger partial charge in [-0.25, -0.2) is 0 Å². The predicted molar refractivity (Wildman–Crippen MR) is 39.2 cm³/mol. The highest BCUT2D eigenvalue weighted by molar-refractivity contribution is 6.30. The van der Waals surface area contributed by atoms with Gasteiger partial charge in [-0.3, -0.25) is 0 Å². The average molecular weight is 129 g/mol. The van der Waals surface area contributed by atoms with Crippen molar-refractivity contribution >= 4 is 7.55 Å². The maximum Gasteiger partial charge on any atom is 0.432 e. The topological polar surface area (TPSA) is 24.7 Å². The minimum absolute atomic E-state index is 0.986. The van der Waals surface area contributed by atoms with E-state index in [1.807, 2.05) is 25.1 Å². The molecule has 47 valence electrons. The number of aryl methyl sites for hydroxylation is 1. The first-order valence-electron chi connectivity index (χ1n) is 3.21. The molecule has 0 fully saturated rings. The summed E-state index contributed by atoms with van der Waals surface area (Å²) in [4.78, 5) is 8.18. The van der Waals surface area contributed by atoms with Gasteiger partial charge in [0.25, 0.3) is 0 Å². The molecule has 0 spiro atoms. The van der Waals surface area contributed by atoms with Crippen LogP contribution in [0.15, 0.2) is 28.0 Å². The molecule has 0 unspecified atom stereocenters. The van der Waals surface area contributed by atoms with Crippen molar-refractivity contribution in [2.24, 2.45) is 9.81 Å². The lowest BCUT2D eigenvalue weighted by Crippen LogP contribution is -2.23. The van der Waals surface area contributed by atoms with Crippen LogP contribution >= 0.6 is 0 Å². The number of nitrogens with zero attached hydrogens (tertiary/aromatic N) is 2. The van der Waals surface area contributed by atoms with Crippen molar-refractivity contribution in [3.8, 4) is 0 Å². The van der Waals surface area contributed by atoms with Gasteiger partial charge in [-0.05, 0) is 18.6 Å². The molecular weight excluding hydrogens is 123 g/mol. The first kappa shape index (κ1) is 5.65. The van der Waals surface area contributed by atoms with E-state index < -0.39 is 0 Å². The number of fused-ring (bicyclic) bond motifs is 1. The Hall–Kier alpha value is -1.12. The summed E-state index contributed by atoms with van der Waals surface area (Å²) < 4.78 is 0. The molecule has 0 aliphatic carbocycles. The molecule has 1 aliphatic heterocycles. The Balaban J connectivity index is 2.97. The number of hydrogen-bond acceptors (Lipinski definition) is 2. The Labute approximate surface area is 59.6 Å². The second-order valence-electron chi connectivity index (χ2n) is 2.32. The summed E-state index contributed by atoms with van der Waals surface area (Å²) in [6.07, 6.45) is 0. The predicted octanol–water partition coefficient (Wildman–Crippen LogP) is -0.218. The molecular formula is C7H6BN2. The van der Waals surface area contributed by atoms with Crippen LogP contribution in [-0.4, -0.2) is 7.55 Å². The van der Waals surface area contributed by atoms with E-state index in [1.165, 1.54) is 5.56 Å². The van der Waals surface area contributed by atoms with Crippen molar-refractivity contribution in [2.75, 3.05) is 0 Å². The summed E-state index contributed by atoms with van der Waals surface area (Å²) in [6.45, 7) is 2.04. The molecule has 3 heteroatoms. The Bertz CT molecular complexity index is 370. The van der Waals surface area contributed by atoms with Gasteiger partial charge in [0.05, 0.1) is 10.7 Å². The maximum atomic E-state index is 4.11. The molecule has 0 atom stereocenters. The van der Waals surface area contributed by atoms with Gasteiger partial charge in [0, 0.05) is 0 Å². The molecule has 1 heterocycles. The molecule has 2 rings (SSSR count). The molecule has 0 bridgehead atoms. The second kappa shape index (κ2) is 1.94. The number of benzene rings is 1. The highest BCUT2D eigenvalue weighted by atomic mass is 14.8. The van der Waals surface area contributed by atoms with E-state index in [1.54, 1.807) is 7.55 Å². The third-order valence-electron chi connectivity index (χ3n) is 1.60. The van der Waals surface area contributed by atoms with Gasteiger partial charge in [0.1, 0.15) is 0 Å². The van der Waals surface area contributed by atoms with Crippen molar-refractivity contribution in [2.45, 2.75) is 6.92 Å². The van der Waals surface area contributed by atoms with Crippen molar-refractivity contribution < 1.29 is 0 Å². The molecule has 2 nitrogen and oxygen atoms in total. The summed E-state index contributed by atoms with van der Waals surface area (Å²) in [5, 5.41) is 2.00. The summed E-state index contributed by atoms with van der Waals surface area (Å²) in [5.74, 6) is 0.